The fourth-order valence-electron chi connectivity index (χ4n) is 8.55. The number of fused-ring (bicyclic) bond motifs is 4. The third-order valence-electron chi connectivity index (χ3n) is 11.5. The first kappa shape index (κ1) is 35.1. The number of hydrogen-bond acceptors (Lipinski definition) is 12. The largest absolute Gasteiger partial charge is 0.381 e. The Labute approximate surface area is 322 Å². The number of imide groups is 1. The molecule has 3 fully saturated rings. The Morgan fingerprint density at radius 3 is 2.55 bits per heavy atom. The lowest BCUT2D eigenvalue weighted by atomic mass is 9.95. The van der Waals surface area contributed by atoms with Crippen molar-refractivity contribution in [2.75, 3.05) is 60.9 Å². The molecule has 4 aliphatic rings. The molecule has 3 saturated heterocycles. The van der Waals surface area contributed by atoms with E-state index in [0.717, 1.165) is 113 Å². The molecule has 55 heavy (non-hydrogen) atoms. The van der Waals surface area contributed by atoms with Crippen molar-refractivity contribution in [3.05, 3.63) is 59.3 Å². The smallest absolute Gasteiger partial charge is 0.255 e. The number of hydrogen-bond donors (Lipinski definition) is 3. The van der Waals surface area contributed by atoms with Crippen molar-refractivity contribution in [2.45, 2.75) is 58.2 Å². The van der Waals surface area contributed by atoms with Crippen LogP contribution in [0.3, 0.4) is 0 Å². The molecule has 3 amide bonds. The van der Waals surface area contributed by atoms with E-state index in [-0.39, 0.29) is 30.2 Å². The number of nitrogens with zero attached hydrogens (tertiary/aromatic N) is 8. The van der Waals surface area contributed by atoms with Crippen LogP contribution in [0.15, 0.2) is 42.6 Å². The van der Waals surface area contributed by atoms with Gasteiger partial charge in [0.25, 0.3) is 5.91 Å². The van der Waals surface area contributed by atoms with Gasteiger partial charge in [0, 0.05) is 93.2 Å². The summed E-state index contributed by atoms with van der Waals surface area (Å²) in [5.41, 5.74) is 7.74. The van der Waals surface area contributed by atoms with Gasteiger partial charge in [-0.25, -0.2) is 0 Å². The molecule has 1 unspecified atom stereocenters. The highest BCUT2D eigenvalue weighted by Gasteiger charge is 2.39. The zero-order chi connectivity index (χ0) is 37.8. The molecule has 0 bridgehead atoms. The molecule has 3 N–H and O–H groups in total. The minimum Gasteiger partial charge on any atom is -0.381 e. The summed E-state index contributed by atoms with van der Waals surface area (Å²) in [6, 6.07) is 13.6. The van der Waals surface area contributed by atoms with Gasteiger partial charge in [0.2, 0.25) is 16.9 Å². The second-order valence-electron chi connectivity index (χ2n) is 15.4. The van der Waals surface area contributed by atoms with Crippen LogP contribution < -0.4 is 20.4 Å². The van der Waals surface area contributed by atoms with E-state index in [9.17, 15) is 19.6 Å². The van der Waals surface area contributed by atoms with Crippen LogP contribution in [0.2, 0.25) is 0 Å². The summed E-state index contributed by atoms with van der Waals surface area (Å²) in [6.45, 7) is 11.3. The third kappa shape index (κ3) is 6.63. The van der Waals surface area contributed by atoms with Gasteiger partial charge in [-0.05, 0) is 74.9 Å². The molecule has 0 spiro atoms. The summed E-state index contributed by atoms with van der Waals surface area (Å²) in [5, 5.41) is 27.4. The topological polar surface area (TPSA) is 166 Å². The van der Waals surface area contributed by atoms with Crippen molar-refractivity contribution in [3.63, 3.8) is 0 Å². The van der Waals surface area contributed by atoms with Crippen LogP contribution in [0.25, 0.3) is 32.5 Å². The Kier molecular flexibility index (Phi) is 9.10. The Bertz CT molecular complexity index is 2360. The molecular formula is C40H43N11O3S. The van der Waals surface area contributed by atoms with Crippen LogP contribution in [-0.2, 0) is 16.1 Å². The van der Waals surface area contributed by atoms with Gasteiger partial charge in [0.1, 0.15) is 6.04 Å². The van der Waals surface area contributed by atoms with Gasteiger partial charge < -0.3 is 25.0 Å². The summed E-state index contributed by atoms with van der Waals surface area (Å²) >= 11 is 1.59. The van der Waals surface area contributed by atoms with Crippen LogP contribution in [-0.4, -0.2) is 106 Å². The van der Waals surface area contributed by atoms with E-state index in [0.29, 0.717) is 30.0 Å². The molecule has 1 atom stereocenters. The van der Waals surface area contributed by atoms with Crippen LogP contribution >= 0.6 is 11.3 Å². The molecule has 5 aromatic rings. The van der Waals surface area contributed by atoms with Crippen LogP contribution in [0.1, 0.15) is 61.0 Å². The lowest BCUT2D eigenvalue weighted by molar-refractivity contribution is -0.136. The maximum absolute atomic E-state index is 13.4. The Hall–Kier alpha value is -5.59. The van der Waals surface area contributed by atoms with E-state index in [4.69, 9.17) is 4.98 Å². The minimum absolute atomic E-state index is 0.126. The molecule has 0 radical (unpaired) electrons. The number of piperazine rings is 1. The number of rotatable bonds is 8. The standard InChI is InChI=1S/C40H43N11O3S/c1-23(2)43-35-30(20-42-34-28-6-3-25(19-41)17-31(28)44-36(34)35)38-46-47-40(55-38)50-15-13-48(14-16-50)21-24-9-11-49(12-10-24)27-5-4-26-22-51(39(54)29(26)18-27)32-7-8-33(52)45-37(32)53/h3-6,17-18,20,23-24,32,44H,7-16,21-22H2,1-2H3,(H,42,43)(H,45,52,53). The van der Waals surface area contributed by atoms with Gasteiger partial charge in [-0.15, -0.1) is 10.2 Å². The van der Waals surface area contributed by atoms with E-state index < -0.39 is 6.04 Å². The van der Waals surface area contributed by atoms with Crippen molar-refractivity contribution < 1.29 is 14.4 Å². The van der Waals surface area contributed by atoms with Gasteiger partial charge in [-0.2, -0.15) is 5.26 Å². The number of anilines is 3. The number of aromatic nitrogens is 4. The number of carbonyl (C=O) groups is 3. The molecule has 282 valence electrons. The van der Waals surface area contributed by atoms with Crippen LogP contribution in [0.5, 0.6) is 0 Å². The monoisotopic (exact) mass is 757 g/mol. The Morgan fingerprint density at radius 1 is 0.964 bits per heavy atom. The summed E-state index contributed by atoms with van der Waals surface area (Å²) in [5.74, 6) is -0.169. The molecule has 4 aliphatic heterocycles. The molecule has 15 heteroatoms. The van der Waals surface area contributed by atoms with Gasteiger partial charge in [0.15, 0.2) is 5.01 Å². The number of aromatic amines is 1. The molecule has 0 aliphatic carbocycles. The first-order valence-electron chi connectivity index (χ1n) is 19.2. The highest BCUT2D eigenvalue weighted by atomic mass is 32.1. The van der Waals surface area contributed by atoms with E-state index in [2.05, 4.69) is 66.5 Å². The van der Waals surface area contributed by atoms with E-state index in [1.165, 1.54) is 0 Å². The molecule has 0 saturated carbocycles. The average molecular weight is 758 g/mol. The molecule has 7 heterocycles. The molecule has 3 aromatic heterocycles. The number of benzene rings is 2. The Morgan fingerprint density at radius 2 is 1.78 bits per heavy atom. The number of H-pyrrole nitrogens is 1. The van der Waals surface area contributed by atoms with Crippen molar-refractivity contribution in [2.24, 2.45) is 5.92 Å². The average Bonchev–Trinajstić information content (AvgIpc) is 3.91. The van der Waals surface area contributed by atoms with Crippen molar-refractivity contribution in [1.29, 1.82) is 5.26 Å². The second-order valence-corrected chi connectivity index (χ2v) is 16.4. The van der Waals surface area contributed by atoms with E-state index in [1.807, 2.05) is 36.5 Å². The number of amides is 3. The quantitative estimate of drug-likeness (QED) is 0.188. The predicted molar refractivity (Wildman–Crippen MR) is 212 cm³/mol. The van der Waals surface area contributed by atoms with Crippen molar-refractivity contribution in [1.82, 2.24) is 35.3 Å². The number of nitriles is 1. The number of pyridine rings is 1. The van der Waals surface area contributed by atoms with E-state index in [1.54, 1.807) is 16.2 Å². The van der Waals surface area contributed by atoms with Crippen molar-refractivity contribution in [3.8, 4) is 16.6 Å². The molecule has 14 nitrogen and oxygen atoms in total. The summed E-state index contributed by atoms with van der Waals surface area (Å²) in [6.07, 6.45) is 4.69. The van der Waals surface area contributed by atoms with Crippen molar-refractivity contribution >= 4 is 67.5 Å². The van der Waals surface area contributed by atoms with Gasteiger partial charge in [-0.3, -0.25) is 29.6 Å². The lowest BCUT2D eigenvalue weighted by Gasteiger charge is -2.39. The zero-order valence-electron chi connectivity index (χ0n) is 31.0. The van der Waals surface area contributed by atoms with Gasteiger partial charge in [-0.1, -0.05) is 17.4 Å². The summed E-state index contributed by atoms with van der Waals surface area (Å²) in [4.78, 5) is 54.7. The molecular weight excluding hydrogens is 715 g/mol. The first-order chi connectivity index (χ1) is 26.7. The lowest BCUT2D eigenvalue weighted by Crippen LogP contribution is -2.52. The number of carbonyl (C=O) groups excluding carboxylic acids is 3. The SMILES string of the molecule is CC(C)Nc1c(-c2nnc(N3CCN(CC4CCN(c5ccc6c(c5)C(=O)N(C5CCC(=O)NC5=O)C6)CC4)CC3)s2)cnc2c1[nH]c1cc(C#N)ccc12. The van der Waals surface area contributed by atoms with E-state index >= 15 is 0 Å². The number of nitrogens with one attached hydrogen (secondary N) is 3. The summed E-state index contributed by atoms with van der Waals surface area (Å²) < 4.78 is 0. The highest BCUT2D eigenvalue weighted by molar-refractivity contribution is 7.18. The maximum Gasteiger partial charge on any atom is 0.255 e. The third-order valence-corrected chi connectivity index (χ3v) is 12.5. The van der Waals surface area contributed by atoms with Gasteiger partial charge >= 0.3 is 0 Å². The molecule has 2 aromatic carbocycles. The first-order valence-corrected chi connectivity index (χ1v) is 20.0. The highest BCUT2D eigenvalue weighted by Crippen LogP contribution is 2.40. The summed E-state index contributed by atoms with van der Waals surface area (Å²) in [7, 11) is 0. The normalized spacial score (nSPS) is 19.8. The Balaban J connectivity index is 0.801. The van der Waals surface area contributed by atoms with Gasteiger partial charge in [0.05, 0.1) is 33.9 Å². The van der Waals surface area contributed by atoms with Crippen LogP contribution in [0, 0.1) is 17.2 Å². The predicted octanol–water partition coefficient (Wildman–Crippen LogP) is 4.73. The molecule has 9 rings (SSSR count). The minimum atomic E-state index is -0.596. The number of piperidine rings is 2. The fraction of sp³-hybridized carbons (Fsp3) is 0.425. The fourth-order valence-corrected chi connectivity index (χ4v) is 9.46. The second kappa shape index (κ2) is 14.2. The zero-order valence-corrected chi connectivity index (χ0v) is 31.8. The van der Waals surface area contributed by atoms with Crippen LogP contribution in [0.4, 0.5) is 16.5 Å². The maximum atomic E-state index is 13.4.